The number of hydrogen-bond donors (Lipinski definition) is 1. The van der Waals surface area contributed by atoms with Crippen LogP contribution in [0.2, 0.25) is 0 Å². The predicted molar refractivity (Wildman–Crippen MR) is 247 cm³/mol. The van der Waals surface area contributed by atoms with Crippen molar-refractivity contribution in [1.82, 2.24) is 20.0 Å². The molecule has 19 heteroatoms. The van der Waals surface area contributed by atoms with Crippen molar-refractivity contribution in [3.05, 3.63) is 34.7 Å². The zero-order valence-corrected chi connectivity index (χ0v) is 41.1. The minimum absolute atomic E-state index is 0.0259. The minimum atomic E-state index is -5.25. The molecule has 1 aromatic carbocycles. The molecule has 1 N–H and O–H groups in total. The molecule has 0 spiro atoms. The largest absolute Gasteiger partial charge is 0.404 e. The third-order valence-electron chi connectivity index (χ3n) is 13.0. The molecular weight excluding hydrogens is 906 g/mol. The molecule has 1 saturated carbocycles. The molecule has 0 radical (unpaired) electrons. The third kappa shape index (κ3) is 11.3. The topological polar surface area (TPSA) is 152 Å². The van der Waals surface area contributed by atoms with Crippen molar-refractivity contribution in [2.75, 3.05) is 64.1 Å². The molecule has 1 aromatic heterocycles. The lowest BCUT2D eigenvalue weighted by Crippen LogP contribution is -2.59. The van der Waals surface area contributed by atoms with Crippen LogP contribution in [0.25, 0.3) is 10.1 Å². The fourth-order valence-electron chi connectivity index (χ4n) is 9.15. The van der Waals surface area contributed by atoms with Crippen LogP contribution in [-0.2, 0) is 43.2 Å². The van der Waals surface area contributed by atoms with Crippen LogP contribution in [0.3, 0.4) is 0 Å². The number of rotatable bonds is 14. The molecule has 0 bridgehead atoms. The summed E-state index contributed by atoms with van der Waals surface area (Å²) < 4.78 is 63.9. The van der Waals surface area contributed by atoms with Crippen molar-refractivity contribution in [2.45, 2.75) is 116 Å². The van der Waals surface area contributed by atoms with E-state index < -0.39 is 60.9 Å². The third-order valence-corrected chi connectivity index (χ3v) is 18.6. The van der Waals surface area contributed by atoms with Gasteiger partial charge in [-0.3, -0.25) is 33.4 Å². The summed E-state index contributed by atoms with van der Waals surface area (Å²) in [5.74, 6) is -0.133. The van der Waals surface area contributed by atoms with Gasteiger partial charge in [0.1, 0.15) is 12.1 Å². The van der Waals surface area contributed by atoms with Gasteiger partial charge in [0.25, 0.3) is 5.91 Å². The molecule has 2 aromatic rings. The summed E-state index contributed by atoms with van der Waals surface area (Å²) in [6.45, 7) is 13.8. The van der Waals surface area contributed by atoms with Gasteiger partial charge in [0.2, 0.25) is 11.8 Å². The van der Waals surface area contributed by atoms with E-state index in [2.05, 4.69) is 10.2 Å². The first-order valence-corrected chi connectivity index (χ1v) is 26.9. The van der Waals surface area contributed by atoms with E-state index in [0.29, 0.717) is 53.9 Å². The lowest BCUT2D eigenvalue weighted by molar-refractivity contribution is -0.148. The molecule has 3 amide bonds. The van der Waals surface area contributed by atoms with E-state index in [1.54, 1.807) is 46.4 Å². The van der Waals surface area contributed by atoms with E-state index >= 15 is 8.78 Å². The van der Waals surface area contributed by atoms with E-state index in [1.807, 2.05) is 4.90 Å². The number of nitrogens with zero attached hydrogens (tertiary/aromatic N) is 3. The highest BCUT2D eigenvalue weighted by atomic mass is 32.2. The van der Waals surface area contributed by atoms with Crippen LogP contribution < -0.4 is 5.32 Å². The molecule has 13 nitrogen and oxygen atoms in total. The number of carbonyl (C=O) groups is 5. The Morgan fingerprint density at radius 3 is 2.05 bits per heavy atom. The fraction of sp³-hybridized carbons (Fsp3) is 0.711. The summed E-state index contributed by atoms with van der Waals surface area (Å²) in [7, 11) is -5.25. The van der Waals surface area contributed by atoms with Crippen molar-refractivity contribution in [3.8, 4) is 0 Å². The van der Waals surface area contributed by atoms with Gasteiger partial charge < -0.3 is 28.9 Å². The molecule has 0 unspecified atom stereocenters. The maximum absolute atomic E-state index is 16.5. The van der Waals surface area contributed by atoms with Gasteiger partial charge in [-0.2, -0.15) is 8.78 Å². The van der Waals surface area contributed by atoms with Gasteiger partial charge in [-0.1, -0.05) is 71.1 Å². The number of nitrogens with one attached hydrogen (secondary N) is 1. The number of fused-ring (bicyclic) bond motifs is 3. The Morgan fingerprint density at radius 1 is 0.828 bits per heavy atom. The highest BCUT2D eigenvalue weighted by Gasteiger charge is 2.56. The van der Waals surface area contributed by atoms with Gasteiger partial charge in [-0.25, -0.2) is 0 Å². The zero-order chi connectivity index (χ0) is 46.2. The van der Waals surface area contributed by atoms with Crippen LogP contribution in [-0.4, -0.2) is 131 Å². The molecule has 4 aliphatic heterocycles. The molecule has 5 heterocycles. The molecule has 4 saturated heterocycles. The van der Waals surface area contributed by atoms with Gasteiger partial charge in [0.15, 0.2) is 10.2 Å². The normalized spacial score (nSPS) is 25.1. The number of halogens is 2. The van der Waals surface area contributed by atoms with Gasteiger partial charge >= 0.3 is 13.3 Å². The highest BCUT2D eigenvalue weighted by molar-refractivity contribution is 8.14. The van der Waals surface area contributed by atoms with Gasteiger partial charge in [0, 0.05) is 84.1 Å². The molecule has 7 rings (SSSR count). The Morgan fingerprint density at radius 2 is 1.44 bits per heavy atom. The maximum atomic E-state index is 16.5. The smallest absolute Gasteiger partial charge is 0.381 e. The number of piperazine rings is 1. The second kappa shape index (κ2) is 20.0. The van der Waals surface area contributed by atoms with Gasteiger partial charge in [0.05, 0.1) is 18.1 Å². The number of ether oxygens (including phenoxy) is 1. The van der Waals surface area contributed by atoms with Crippen LogP contribution in [0.1, 0.15) is 102 Å². The predicted octanol–water partition coefficient (Wildman–Crippen LogP) is 8.00. The van der Waals surface area contributed by atoms with Gasteiger partial charge in [-0.15, -0.1) is 11.3 Å². The molecule has 5 aliphatic rings. The first kappa shape index (κ1) is 49.5. The minimum Gasteiger partial charge on any atom is -0.381 e. The summed E-state index contributed by atoms with van der Waals surface area (Å²) in [5.41, 5.74) is -6.15. The summed E-state index contributed by atoms with van der Waals surface area (Å²) in [5, 5.41) is 2.91. The van der Waals surface area contributed by atoms with Crippen molar-refractivity contribution in [1.29, 1.82) is 0 Å². The summed E-state index contributed by atoms with van der Waals surface area (Å²) in [4.78, 5) is 73.8. The van der Waals surface area contributed by atoms with E-state index in [9.17, 15) is 28.5 Å². The second-order valence-corrected chi connectivity index (χ2v) is 25.1. The van der Waals surface area contributed by atoms with Crippen molar-refractivity contribution < 1.29 is 51.1 Å². The standard InChI is InChI=1S/C45H63F2N4O9PS3/c1-43(2,3)41(55)62-21-19-59-61(57,60-20-22-63-42(56)44(4,5)6)45(46,47)31-7-10-36-30(24-31)27-37(64-36)38(52)48-34-26-29-23-28(29)25-33-8-9-35(51(33)39(34)53)40(54)50-15-13-49(14-16-50)32-11-17-58-18-12-32/h7,10,24,27-29,32-35H,8-9,11-23,25-26H2,1-6H3,(H,48,52)/t28-,29+,33+,34-,35-/m0/s1. The zero-order valence-electron chi connectivity index (χ0n) is 37.7. The second-order valence-electron chi connectivity index (χ2n) is 19.8. The van der Waals surface area contributed by atoms with Crippen molar-refractivity contribution >= 4 is 80.5 Å². The average Bonchev–Trinajstić information content (AvgIpc) is 3.60. The first-order chi connectivity index (χ1) is 30.2. The Kier molecular flexibility index (Phi) is 15.5. The Balaban J connectivity index is 1.03. The fourth-order valence-corrected chi connectivity index (χ4v) is 13.4. The number of thiophene rings is 1. The molecule has 5 atom stereocenters. The molecule has 1 aliphatic carbocycles. The van der Waals surface area contributed by atoms with Crippen LogP contribution in [0, 0.1) is 22.7 Å². The van der Waals surface area contributed by atoms with E-state index in [1.165, 1.54) is 12.1 Å². The molecule has 354 valence electrons. The molecular formula is C45H63F2N4O9PS3. The SMILES string of the molecule is CC(C)(C)C(=O)SCCOP(=O)(OCCSC(=O)C(C)(C)C)C(F)(F)c1ccc2sc(C(=O)N[C@H]3C[C@H]4C[C@H]4C[C@H]4CC[C@@H](C(=O)N5CCN(C6CCOCC6)CC5)N4C3=O)cc2c1. The first-order valence-electron chi connectivity index (χ1n) is 22.6. The summed E-state index contributed by atoms with van der Waals surface area (Å²) >= 11 is 2.86. The van der Waals surface area contributed by atoms with Crippen LogP contribution >= 0.6 is 42.5 Å². The average molecular weight is 969 g/mol. The summed E-state index contributed by atoms with van der Waals surface area (Å²) in [6, 6.07) is 4.15. The van der Waals surface area contributed by atoms with Crippen LogP contribution in [0.5, 0.6) is 0 Å². The molecule has 64 heavy (non-hydrogen) atoms. The number of alkyl halides is 2. The van der Waals surface area contributed by atoms with Crippen molar-refractivity contribution in [2.24, 2.45) is 22.7 Å². The summed E-state index contributed by atoms with van der Waals surface area (Å²) in [6.07, 6.45) is 5.61. The number of hydrogen-bond acceptors (Lipinski definition) is 13. The lowest BCUT2D eigenvalue weighted by Gasteiger charge is -2.42. The number of carbonyl (C=O) groups excluding carboxylic acids is 5. The number of benzene rings is 1. The van der Waals surface area contributed by atoms with Crippen molar-refractivity contribution in [3.63, 3.8) is 0 Å². The quantitative estimate of drug-likeness (QED) is 0.144. The van der Waals surface area contributed by atoms with E-state index in [0.717, 1.165) is 105 Å². The Bertz CT molecular complexity index is 2080. The molecule has 5 fully saturated rings. The monoisotopic (exact) mass is 968 g/mol. The van der Waals surface area contributed by atoms with Gasteiger partial charge in [-0.05, 0) is 80.4 Å². The lowest BCUT2D eigenvalue weighted by atomic mass is 9.99. The van der Waals surface area contributed by atoms with Crippen LogP contribution in [0.15, 0.2) is 24.3 Å². The van der Waals surface area contributed by atoms with E-state index in [-0.39, 0.29) is 44.5 Å². The number of thioether (sulfide) groups is 2. The Hall–Kier alpha value is -2.44. The number of amides is 3. The Labute approximate surface area is 387 Å². The maximum Gasteiger partial charge on any atom is 0.404 e. The highest BCUT2D eigenvalue weighted by Crippen LogP contribution is 2.67. The van der Waals surface area contributed by atoms with E-state index in [4.69, 9.17) is 13.8 Å². The van der Waals surface area contributed by atoms with Crippen LogP contribution in [0.4, 0.5) is 8.78 Å².